The maximum Gasteiger partial charge on any atom is 0.127 e. The lowest BCUT2D eigenvalue weighted by atomic mass is 9.72. The molecule has 2 aliphatic carbocycles. The third-order valence-electron chi connectivity index (χ3n) is 8.75. The molecule has 0 spiro atoms. The summed E-state index contributed by atoms with van der Waals surface area (Å²) in [5.74, 6) is 2.74. The zero-order chi connectivity index (χ0) is 23.9. The van der Waals surface area contributed by atoms with Crippen LogP contribution in [0, 0.1) is 5.92 Å². The summed E-state index contributed by atoms with van der Waals surface area (Å²) in [6.07, 6.45) is 12.5. The lowest BCUT2D eigenvalue weighted by Crippen LogP contribution is -2.51. The summed E-state index contributed by atoms with van der Waals surface area (Å²) in [5, 5.41) is 11.9. The van der Waals surface area contributed by atoms with Gasteiger partial charge in [0.05, 0.1) is 5.60 Å². The Labute approximate surface area is 236 Å². The number of para-hydroxylation sites is 1. The van der Waals surface area contributed by atoms with E-state index in [0.29, 0.717) is 0 Å². The molecule has 0 amide bonds. The fourth-order valence-corrected chi connectivity index (χ4v) is 6.66. The van der Waals surface area contributed by atoms with Crippen molar-refractivity contribution in [3.63, 3.8) is 0 Å². The minimum absolute atomic E-state index is 0. The van der Waals surface area contributed by atoms with E-state index >= 15 is 0 Å². The molecule has 206 valence electrons. The molecule has 6 heteroatoms. The highest BCUT2D eigenvalue weighted by Gasteiger charge is 2.40. The number of benzene rings is 2. The van der Waals surface area contributed by atoms with Crippen molar-refractivity contribution in [3.05, 3.63) is 60.2 Å². The second-order valence-electron chi connectivity index (χ2n) is 11.3. The molecular formula is C31H46Cl2N2O2. The van der Waals surface area contributed by atoms with E-state index in [1.165, 1.54) is 63.7 Å². The lowest BCUT2D eigenvalue weighted by molar-refractivity contribution is -0.0346. The molecule has 0 radical (unpaired) electrons. The monoisotopic (exact) mass is 548 g/mol. The third-order valence-corrected chi connectivity index (χ3v) is 8.75. The Kier molecular flexibility index (Phi) is 12.1. The summed E-state index contributed by atoms with van der Waals surface area (Å²) in [5.41, 5.74) is 0.593. The zero-order valence-corrected chi connectivity index (χ0v) is 23.9. The lowest BCUT2D eigenvalue weighted by Gasteiger charge is -2.44. The number of hydrogen-bond acceptors (Lipinski definition) is 4. The fraction of sp³-hybridized carbons (Fsp3) is 0.613. The first-order valence-corrected chi connectivity index (χ1v) is 14.2. The van der Waals surface area contributed by atoms with Crippen LogP contribution >= 0.6 is 24.8 Å². The molecule has 1 N–H and O–H groups in total. The van der Waals surface area contributed by atoms with Crippen LogP contribution < -0.4 is 4.74 Å². The van der Waals surface area contributed by atoms with Crippen molar-refractivity contribution in [1.82, 2.24) is 9.80 Å². The van der Waals surface area contributed by atoms with Crippen molar-refractivity contribution < 1.29 is 9.84 Å². The summed E-state index contributed by atoms with van der Waals surface area (Å²) < 4.78 is 6.16. The minimum atomic E-state index is -0.622. The number of ether oxygens (including phenoxy) is 1. The summed E-state index contributed by atoms with van der Waals surface area (Å²) in [6, 6.07) is 18.5. The molecular weight excluding hydrogens is 503 g/mol. The Bertz CT molecular complexity index is 908. The second kappa shape index (κ2) is 14.7. The van der Waals surface area contributed by atoms with Gasteiger partial charge in [0.2, 0.25) is 0 Å². The van der Waals surface area contributed by atoms with Crippen LogP contribution in [0.25, 0.3) is 0 Å². The first-order chi connectivity index (χ1) is 17.2. The van der Waals surface area contributed by atoms with Crippen LogP contribution in [-0.2, 0) is 0 Å². The van der Waals surface area contributed by atoms with Crippen LogP contribution in [0.2, 0.25) is 0 Å². The Morgan fingerprint density at radius 2 is 1.38 bits per heavy atom. The van der Waals surface area contributed by atoms with E-state index in [2.05, 4.69) is 28.0 Å². The molecule has 0 bridgehead atoms. The van der Waals surface area contributed by atoms with Crippen molar-refractivity contribution in [3.8, 4) is 11.5 Å². The molecule has 37 heavy (non-hydrogen) atoms. The molecule has 1 aliphatic heterocycles. The van der Waals surface area contributed by atoms with Crippen LogP contribution in [0.15, 0.2) is 54.6 Å². The van der Waals surface area contributed by atoms with E-state index in [4.69, 9.17) is 4.74 Å². The van der Waals surface area contributed by atoms with Crippen LogP contribution in [0.5, 0.6) is 11.5 Å². The molecule has 3 aliphatic rings. The van der Waals surface area contributed by atoms with Gasteiger partial charge in [0.1, 0.15) is 11.5 Å². The molecule has 5 rings (SSSR count). The van der Waals surface area contributed by atoms with Gasteiger partial charge < -0.3 is 19.6 Å². The van der Waals surface area contributed by atoms with Crippen LogP contribution in [0.1, 0.15) is 75.7 Å². The van der Waals surface area contributed by atoms with Crippen molar-refractivity contribution >= 4 is 24.8 Å². The topological polar surface area (TPSA) is 35.9 Å². The molecule has 2 aromatic carbocycles. The van der Waals surface area contributed by atoms with Gasteiger partial charge in [-0.05, 0) is 61.4 Å². The van der Waals surface area contributed by atoms with Gasteiger partial charge in [-0.3, -0.25) is 0 Å². The molecule has 1 saturated heterocycles. The Hall–Kier alpha value is -1.30. The highest BCUT2D eigenvalue weighted by atomic mass is 35.5. The predicted octanol–water partition coefficient (Wildman–Crippen LogP) is 7.30. The van der Waals surface area contributed by atoms with Crippen molar-refractivity contribution in [2.24, 2.45) is 5.92 Å². The van der Waals surface area contributed by atoms with Gasteiger partial charge in [0.15, 0.2) is 0 Å². The van der Waals surface area contributed by atoms with E-state index in [-0.39, 0.29) is 30.7 Å². The van der Waals surface area contributed by atoms with E-state index in [0.717, 1.165) is 62.7 Å². The largest absolute Gasteiger partial charge is 0.457 e. The summed E-state index contributed by atoms with van der Waals surface area (Å²) >= 11 is 0. The number of rotatable bonds is 8. The standard InChI is InChI=1S/C31H44N2O2.2ClH/c34-31(17-8-3-9-18-31)30(27-13-10-16-29(23-27)35-28-14-6-2-7-15-28)25-33-21-19-32(20-22-33)24-26-11-4-1-5-12-26;;/h2,6-7,10,13-16,23,26,30,34H,1,3-5,8-9,11-12,17-22,24-25H2;2*1H. The second-order valence-corrected chi connectivity index (χ2v) is 11.3. The Morgan fingerprint density at radius 1 is 0.757 bits per heavy atom. The Morgan fingerprint density at radius 3 is 2.08 bits per heavy atom. The van der Waals surface area contributed by atoms with E-state index in [1.54, 1.807) is 0 Å². The van der Waals surface area contributed by atoms with Gasteiger partial charge in [0.25, 0.3) is 0 Å². The van der Waals surface area contributed by atoms with Crippen molar-refractivity contribution in [2.75, 3.05) is 39.3 Å². The maximum atomic E-state index is 11.9. The normalized spacial score (nSPS) is 21.9. The van der Waals surface area contributed by atoms with E-state index in [1.807, 2.05) is 36.4 Å². The molecule has 1 heterocycles. The highest BCUT2D eigenvalue weighted by molar-refractivity contribution is 5.85. The van der Waals surface area contributed by atoms with Crippen LogP contribution in [0.4, 0.5) is 0 Å². The maximum absolute atomic E-state index is 11.9. The zero-order valence-electron chi connectivity index (χ0n) is 22.2. The minimum Gasteiger partial charge on any atom is -0.457 e. The molecule has 2 aromatic rings. The van der Waals surface area contributed by atoms with E-state index < -0.39 is 5.60 Å². The third kappa shape index (κ3) is 8.34. The Balaban J connectivity index is 0.00000190. The van der Waals surface area contributed by atoms with Gasteiger partial charge in [-0.1, -0.05) is 68.9 Å². The number of piperazine rings is 1. The van der Waals surface area contributed by atoms with Gasteiger partial charge in [-0.25, -0.2) is 0 Å². The average molecular weight is 550 g/mol. The molecule has 2 saturated carbocycles. The fourth-order valence-electron chi connectivity index (χ4n) is 6.66. The molecule has 4 nitrogen and oxygen atoms in total. The summed E-state index contributed by atoms with van der Waals surface area (Å²) in [4.78, 5) is 5.31. The summed E-state index contributed by atoms with van der Waals surface area (Å²) in [6.45, 7) is 6.78. The highest BCUT2D eigenvalue weighted by Crippen LogP contribution is 2.41. The first kappa shape index (κ1) is 30.2. The number of nitrogens with zero attached hydrogens (tertiary/aromatic N) is 2. The molecule has 1 unspecified atom stereocenters. The van der Waals surface area contributed by atoms with Gasteiger partial charge >= 0.3 is 0 Å². The van der Waals surface area contributed by atoms with E-state index in [9.17, 15) is 5.11 Å². The quantitative estimate of drug-likeness (QED) is 0.375. The number of halogens is 2. The summed E-state index contributed by atoms with van der Waals surface area (Å²) in [7, 11) is 0. The van der Waals surface area contributed by atoms with Crippen LogP contribution in [0.3, 0.4) is 0 Å². The van der Waals surface area contributed by atoms with Crippen LogP contribution in [-0.4, -0.2) is 59.8 Å². The van der Waals surface area contributed by atoms with Crippen molar-refractivity contribution in [1.29, 1.82) is 0 Å². The van der Waals surface area contributed by atoms with Crippen molar-refractivity contribution in [2.45, 2.75) is 75.7 Å². The number of aliphatic hydroxyl groups is 1. The smallest absolute Gasteiger partial charge is 0.127 e. The van der Waals surface area contributed by atoms with Gasteiger partial charge in [-0.2, -0.15) is 0 Å². The van der Waals surface area contributed by atoms with Gasteiger partial charge in [-0.15, -0.1) is 24.8 Å². The first-order valence-electron chi connectivity index (χ1n) is 14.2. The molecule has 3 fully saturated rings. The molecule has 0 aromatic heterocycles. The average Bonchev–Trinajstić information content (AvgIpc) is 2.90. The number of hydrogen-bond donors (Lipinski definition) is 1. The predicted molar refractivity (Wildman–Crippen MR) is 158 cm³/mol. The van der Waals surface area contributed by atoms with Gasteiger partial charge in [0, 0.05) is 45.2 Å². The molecule has 1 atom stereocenters. The SMILES string of the molecule is Cl.Cl.OC1(C(CN2CCN(CC3CCCCC3)CC2)c2cccc(Oc3ccccc3)c2)CCCCC1.